The number of aryl methyl sites for hydroxylation is 1. The van der Waals surface area contributed by atoms with Crippen molar-refractivity contribution in [1.82, 2.24) is 14.7 Å². The first-order valence-corrected chi connectivity index (χ1v) is 9.92. The molecule has 0 saturated heterocycles. The third kappa shape index (κ3) is 4.54. The van der Waals surface area contributed by atoms with Crippen LogP contribution in [0, 0.1) is 6.92 Å². The molecule has 2 aromatic carbocycles. The Morgan fingerprint density at radius 2 is 1.75 bits per heavy atom. The molecule has 160 valence electrons. The SMILES string of the molecule is CC(=O)c1ccc(NC(=O)Cn2cccc(-c3nc(-c4ccc(C)cc4)no3)c2=O)cc1. The van der Waals surface area contributed by atoms with Gasteiger partial charge in [-0.05, 0) is 50.2 Å². The molecule has 0 radical (unpaired) electrons. The van der Waals surface area contributed by atoms with Crippen LogP contribution in [0.25, 0.3) is 22.8 Å². The molecule has 0 aliphatic carbocycles. The number of Topliss-reactive ketones (excluding diaryl/α,β-unsaturated/α-hetero) is 1. The van der Waals surface area contributed by atoms with Gasteiger partial charge in [-0.25, -0.2) is 0 Å². The molecule has 0 unspecified atom stereocenters. The second-order valence-electron chi connectivity index (χ2n) is 7.33. The van der Waals surface area contributed by atoms with Gasteiger partial charge in [0.2, 0.25) is 11.7 Å². The molecular weight excluding hydrogens is 408 g/mol. The van der Waals surface area contributed by atoms with Gasteiger partial charge in [-0.1, -0.05) is 35.0 Å². The van der Waals surface area contributed by atoms with Gasteiger partial charge in [-0.15, -0.1) is 0 Å². The molecule has 0 atom stereocenters. The Morgan fingerprint density at radius 3 is 2.44 bits per heavy atom. The Morgan fingerprint density at radius 1 is 1.03 bits per heavy atom. The molecule has 0 saturated carbocycles. The largest absolute Gasteiger partial charge is 0.333 e. The maximum atomic E-state index is 12.9. The molecule has 32 heavy (non-hydrogen) atoms. The lowest BCUT2D eigenvalue weighted by molar-refractivity contribution is -0.116. The number of pyridine rings is 1. The average molecular weight is 428 g/mol. The van der Waals surface area contributed by atoms with Crippen molar-refractivity contribution in [3.05, 3.63) is 88.3 Å². The van der Waals surface area contributed by atoms with E-state index in [-0.39, 0.29) is 29.7 Å². The summed E-state index contributed by atoms with van der Waals surface area (Å²) in [6.45, 7) is 3.26. The highest BCUT2D eigenvalue weighted by atomic mass is 16.5. The fraction of sp³-hybridized carbons (Fsp3) is 0.125. The number of carbonyl (C=O) groups excluding carboxylic acids is 2. The summed E-state index contributed by atoms with van der Waals surface area (Å²) in [5.41, 5.74) is 2.75. The highest BCUT2D eigenvalue weighted by molar-refractivity contribution is 5.95. The standard InChI is InChI=1S/C24H20N4O4/c1-15-5-7-18(8-6-15)22-26-23(32-27-22)20-4-3-13-28(24(20)31)14-21(30)25-19-11-9-17(10-12-19)16(2)29/h3-13H,14H2,1-2H3,(H,25,30). The molecule has 8 nitrogen and oxygen atoms in total. The number of nitrogens with zero attached hydrogens (tertiary/aromatic N) is 3. The maximum Gasteiger partial charge on any atom is 0.263 e. The molecule has 1 amide bonds. The summed E-state index contributed by atoms with van der Waals surface area (Å²) >= 11 is 0. The number of hydrogen-bond donors (Lipinski definition) is 1. The van der Waals surface area contributed by atoms with Gasteiger partial charge >= 0.3 is 0 Å². The van der Waals surface area contributed by atoms with E-state index >= 15 is 0 Å². The van der Waals surface area contributed by atoms with Crippen molar-refractivity contribution in [2.45, 2.75) is 20.4 Å². The van der Waals surface area contributed by atoms with Crippen molar-refractivity contribution in [3.8, 4) is 22.8 Å². The quantitative estimate of drug-likeness (QED) is 0.469. The van der Waals surface area contributed by atoms with Gasteiger partial charge < -0.3 is 14.4 Å². The fourth-order valence-electron chi connectivity index (χ4n) is 3.12. The summed E-state index contributed by atoms with van der Waals surface area (Å²) in [6, 6.07) is 17.4. The van der Waals surface area contributed by atoms with Gasteiger partial charge in [0.1, 0.15) is 12.1 Å². The minimum Gasteiger partial charge on any atom is -0.333 e. The van der Waals surface area contributed by atoms with Crippen molar-refractivity contribution >= 4 is 17.4 Å². The first-order chi connectivity index (χ1) is 15.4. The highest BCUT2D eigenvalue weighted by Gasteiger charge is 2.16. The number of rotatable bonds is 6. The Bertz CT molecular complexity index is 1340. The van der Waals surface area contributed by atoms with E-state index in [0.717, 1.165) is 11.1 Å². The molecule has 2 aromatic heterocycles. The molecule has 2 heterocycles. The molecule has 0 aliphatic heterocycles. The second kappa shape index (κ2) is 8.81. The van der Waals surface area contributed by atoms with Crippen molar-refractivity contribution in [1.29, 1.82) is 0 Å². The lowest BCUT2D eigenvalue weighted by Crippen LogP contribution is -2.28. The first kappa shape index (κ1) is 20.9. The van der Waals surface area contributed by atoms with E-state index in [1.165, 1.54) is 17.7 Å². The Balaban J connectivity index is 1.51. The third-order valence-corrected chi connectivity index (χ3v) is 4.88. The summed E-state index contributed by atoms with van der Waals surface area (Å²) in [7, 11) is 0. The average Bonchev–Trinajstić information content (AvgIpc) is 3.26. The third-order valence-electron chi connectivity index (χ3n) is 4.88. The van der Waals surface area contributed by atoms with E-state index in [9.17, 15) is 14.4 Å². The summed E-state index contributed by atoms with van der Waals surface area (Å²) in [4.78, 5) is 41.0. The summed E-state index contributed by atoms with van der Waals surface area (Å²) in [5.74, 6) is 0.0187. The number of aromatic nitrogens is 3. The normalized spacial score (nSPS) is 10.7. The number of nitrogens with one attached hydrogen (secondary N) is 1. The predicted molar refractivity (Wildman–Crippen MR) is 119 cm³/mol. The molecule has 0 aliphatic rings. The minimum atomic E-state index is -0.423. The van der Waals surface area contributed by atoms with Crippen LogP contribution in [0.15, 0.2) is 76.2 Å². The van der Waals surface area contributed by atoms with Gasteiger partial charge in [0.05, 0.1) is 0 Å². The summed E-state index contributed by atoms with van der Waals surface area (Å²) < 4.78 is 6.57. The number of ketones is 1. The number of amides is 1. The zero-order valence-electron chi connectivity index (χ0n) is 17.5. The van der Waals surface area contributed by atoms with Crippen molar-refractivity contribution in [2.75, 3.05) is 5.32 Å². The van der Waals surface area contributed by atoms with Crippen molar-refractivity contribution in [2.24, 2.45) is 0 Å². The van der Waals surface area contributed by atoms with Crippen molar-refractivity contribution < 1.29 is 14.1 Å². The second-order valence-corrected chi connectivity index (χ2v) is 7.33. The molecule has 1 N–H and O–H groups in total. The lowest BCUT2D eigenvalue weighted by Gasteiger charge is -2.08. The number of hydrogen-bond acceptors (Lipinski definition) is 6. The molecular formula is C24H20N4O4. The van der Waals surface area contributed by atoms with Crippen LogP contribution >= 0.6 is 0 Å². The van der Waals surface area contributed by atoms with E-state index in [1.807, 2.05) is 31.2 Å². The molecule has 0 fully saturated rings. The van der Waals surface area contributed by atoms with E-state index in [1.54, 1.807) is 36.4 Å². The van der Waals surface area contributed by atoms with Crippen LogP contribution in [0.4, 0.5) is 5.69 Å². The highest BCUT2D eigenvalue weighted by Crippen LogP contribution is 2.20. The molecule has 4 aromatic rings. The van der Waals surface area contributed by atoms with Gasteiger partial charge in [0.15, 0.2) is 5.78 Å². The smallest absolute Gasteiger partial charge is 0.263 e. The van der Waals surface area contributed by atoms with Crippen LogP contribution in [0.3, 0.4) is 0 Å². The number of benzene rings is 2. The van der Waals surface area contributed by atoms with Crippen LogP contribution in [0.1, 0.15) is 22.8 Å². The van der Waals surface area contributed by atoms with Crippen LogP contribution in [0.2, 0.25) is 0 Å². The Hall–Kier alpha value is -4.33. The predicted octanol–water partition coefficient (Wildman–Crippen LogP) is 3.72. The van der Waals surface area contributed by atoms with E-state index in [0.29, 0.717) is 17.1 Å². The minimum absolute atomic E-state index is 0.0576. The van der Waals surface area contributed by atoms with Crippen LogP contribution in [0.5, 0.6) is 0 Å². The Kier molecular flexibility index (Phi) is 5.76. The van der Waals surface area contributed by atoms with Gasteiger partial charge in [-0.2, -0.15) is 4.98 Å². The molecule has 0 spiro atoms. The fourth-order valence-corrected chi connectivity index (χ4v) is 3.12. The number of anilines is 1. The van der Waals surface area contributed by atoms with Crippen molar-refractivity contribution in [3.63, 3.8) is 0 Å². The van der Waals surface area contributed by atoms with Crippen LogP contribution < -0.4 is 10.9 Å². The molecule has 4 rings (SSSR count). The van der Waals surface area contributed by atoms with Gasteiger partial charge in [-0.3, -0.25) is 14.4 Å². The van der Waals surface area contributed by atoms with Crippen LogP contribution in [-0.4, -0.2) is 26.4 Å². The number of carbonyl (C=O) groups is 2. The van der Waals surface area contributed by atoms with E-state index in [2.05, 4.69) is 15.5 Å². The molecule has 0 bridgehead atoms. The summed E-state index contributed by atoms with van der Waals surface area (Å²) in [6.07, 6.45) is 1.52. The van der Waals surface area contributed by atoms with E-state index < -0.39 is 5.56 Å². The summed E-state index contributed by atoms with van der Waals surface area (Å²) in [5, 5.41) is 6.67. The van der Waals surface area contributed by atoms with Gasteiger partial charge in [0.25, 0.3) is 11.4 Å². The van der Waals surface area contributed by atoms with Crippen LogP contribution in [-0.2, 0) is 11.3 Å². The van der Waals surface area contributed by atoms with Gasteiger partial charge in [0, 0.05) is 23.0 Å². The maximum absolute atomic E-state index is 12.9. The topological polar surface area (TPSA) is 107 Å². The Labute approximate surface area is 183 Å². The zero-order chi connectivity index (χ0) is 22.7. The monoisotopic (exact) mass is 428 g/mol. The van der Waals surface area contributed by atoms with E-state index in [4.69, 9.17) is 4.52 Å². The first-order valence-electron chi connectivity index (χ1n) is 9.92. The molecule has 8 heteroatoms. The lowest BCUT2D eigenvalue weighted by atomic mass is 10.1. The zero-order valence-corrected chi connectivity index (χ0v) is 17.5.